The number of amides is 2. The molecule has 0 aliphatic carbocycles. The van der Waals surface area contributed by atoms with Crippen LogP contribution in [0.1, 0.15) is 82.8 Å². The summed E-state index contributed by atoms with van der Waals surface area (Å²) in [7, 11) is 0. The predicted molar refractivity (Wildman–Crippen MR) is 165 cm³/mol. The number of carbonyl (C=O) groups excluding carboxylic acids is 2. The topological polar surface area (TPSA) is 71.1 Å². The highest BCUT2D eigenvalue weighted by Crippen LogP contribution is 2.33. The van der Waals surface area contributed by atoms with Gasteiger partial charge in [-0.25, -0.2) is 4.39 Å². The highest BCUT2D eigenvalue weighted by atomic mass is 19.1. The first kappa shape index (κ1) is 29.7. The van der Waals surface area contributed by atoms with E-state index in [-0.39, 0.29) is 22.9 Å². The average Bonchev–Trinajstić information content (AvgIpc) is 2.96. The van der Waals surface area contributed by atoms with Gasteiger partial charge in [-0.15, -0.1) is 0 Å². The molecule has 0 atom stereocenters. The molecule has 0 unspecified atom stereocenters. The third-order valence-electron chi connectivity index (χ3n) is 7.21. The van der Waals surface area contributed by atoms with Crippen LogP contribution in [0.25, 0.3) is 11.1 Å². The molecule has 0 saturated heterocycles. The lowest BCUT2D eigenvalue weighted by molar-refractivity contribution is 0.102. The number of aryl methyl sites for hydroxylation is 4. The molecule has 0 spiro atoms. The van der Waals surface area contributed by atoms with Crippen LogP contribution in [0.5, 0.6) is 0 Å². The van der Waals surface area contributed by atoms with Gasteiger partial charge < -0.3 is 10.6 Å². The number of nitrogens with one attached hydrogen (secondary N) is 2. The van der Waals surface area contributed by atoms with Crippen molar-refractivity contribution >= 4 is 23.2 Å². The molecule has 0 aliphatic rings. The Kier molecular flexibility index (Phi) is 10.0. The number of nitrogens with zero attached hydrogens (tertiary/aromatic N) is 1. The van der Waals surface area contributed by atoms with Gasteiger partial charge in [-0.1, -0.05) is 63.1 Å². The molecule has 2 N–H and O–H groups in total. The van der Waals surface area contributed by atoms with Gasteiger partial charge in [0.05, 0.1) is 22.5 Å². The molecule has 1 aromatic heterocycles. The Balaban J connectivity index is 1.72. The minimum atomic E-state index is -0.403. The maximum absolute atomic E-state index is 13.9. The smallest absolute Gasteiger partial charge is 0.258 e. The number of aromatic nitrogens is 1. The maximum Gasteiger partial charge on any atom is 0.258 e. The van der Waals surface area contributed by atoms with Crippen molar-refractivity contribution in [3.8, 4) is 11.1 Å². The summed E-state index contributed by atoms with van der Waals surface area (Å²) in [5.74, 6) is -1.17. The van der Waals surface area contributed by atoms with E-state index >= 15 is 0 Å². The highest BCUT2D eigenvalue weighted by molar-refractivity contribution is 6.16. The van der Waals surface area contributed by atoms with E-state index in [0.29, 0.717) is 33.9 Å². The predicted octanol–water partition coefficient (Wildman–Crippen LogP) is 8.69. The van der Waals surface area contributed by atoms with E-state index < -0.39 is 5.82 Å². The van der Waals surface area contributed by atoms with Crippen LogP contribution in [0.3, 0.4) is 0 Å². The second-order valence-corrected chi connectivity index (χ2v) is 10.4. The molecule has 3 aromatic carbocycles. The first-order chi connectivity index (χ1) is 19.8. The molecule has 0 fully saturated rings. The van der Waals surface area contributed by atoms with Crippen LogP contribution in [0.4, 0.5) is 15.8 Å². The van der Waals surface area contributed by atoms with Crippen LogP contribution in [0, 0.1) is 19.7 Å². The molecular weight excluding hydrogens is 513 g/mol. The largest absolute Gasteiger partial charge is 0.322 e. The summed E-state index contributed by atoms with van der Waals surface area (Å²) in [6.45, 7) is 7.81. The molecule has 0 bridgehead atoms. The Hall–Kier alpha value is -4.32. The summed E-state index contributed by atoms with van der Waals surface area (Å²) in [5.41, 5.74) is 6.21. The maximum atomic E-state index is 13.9. The summed E-state index contributed by atoms with van der Waals surface area (Å²) in [6, 6.07) is 21.4. The minimum absolute atomic E-state index is 0.275. The number of unbranched alkanes of at least 4 members (excludes halogenated alkanes) is 2. The molecule has 6 heteroatoms. The van der Waals surface area contributed by atoms with Crippen LogP contribution in [-0.2, 0) is 12.8 Å². The molecule has 5 nitrogen and oxygen atoms in total. The highest BCUT2D eigenvalue weighted by Gasteiger charge is 2.26. The number of carbonyl (C=O) groups is 2. The molecule has 4 rings (SSSR count). The quantitative estimate of drug-likeness (QED) is 0.196. The third kappa shape index (κ3) is 7.46. The van der Waals surface area contributed by atoms with Crippen LogP contribution in [0.15, 0.2) is 72.8 Å². The van der Waals surface area contributed by atoms with E-state index in [1.54, 1.807) is 26.0 Å². The number of benzene rings is 3. The first-order valence-electron chi connectivity index (χ1n) is 14.4. The lowest BCUT2D eigenvalue weighted by Gasteiger charge is -2.19. The Morgan fingerprint density at radius 2 is 1.07 bits per heavy atom. The third-order valence-corrected chi connectivity index (χ3v) is 7.21. The van der Waals surface area contributed by atoms with Crippen molar-refractivity contribution in [1.29, 1.82) is 0 Å². The summed E-state index contributed by atoms with van der Waals surface area (Å²) in [5, 5.41) is 5.95. The minimum Gasteiger partial charge on any atom is -0.322 e. The van der Waals surface area contributed by atoms with E-state index in [9.17, 15) is 14.0 Å². The van der Waals surface area contributed by atoms with Gasteiger partial charge in [0.15, 0.2) is 0 Å². The fourth-order valence-corrected chi connectivity index (χ4v) is 4.97. The standard InChI is InChI=1S/C35H38FN3O2/c1-5-7-9-25-11-19-29(20-12-25)38-34(40)31-23(3)37-24(4)32(33(31)27-15-17-28(36)18-16-27)35(41)39-30-21-13-26(14-22-30)10-8-6-2/h11-22H,5-10H2,1-4H3,(H,38,40)(H,39,41). The Labute approximate surface area is 242 Å². The van der Waals surface area contributed by atoms with Gasteiger partial charge in [0, 0.05) is 16.9 Å². The number of halogens is 1. The molecular formula is C35H38FN3O2. The van der Waals surface area contributed by atoms with Crippen molar-refractivity contribution in [2.45, 2.75) is 66.2 Å². The molecule has 0 aliphatic heterocycles. The van der Waals surface area contributed by atoms with E-state index in [2.05, 4.69) is 29.5 Å². The van der Waals surface area contributed by atoms with Crippen molar-refractivity contribution in [3.05, 3.63) is 112 Å². The van der Waals surface area contributed by atoms with Crippen LogP contribution >= 0.6 is 0 Å². The molecule has 0 saturated carbocycles. The summed E-state index contributed by atoms with van der Waals surface area (Å²) in [6.07, 6.45) is 6.42. The fraction of sp³-hybridized carbons (Fsp3) is 0.286. The second-order valence-electron chi connectivity index (χ2n) is 10.4. The first-order valence-corrected chi connectivity index (χ1v) is 14.4. The summed E-state index contributed by atoms with van der Waals surface area (Å²) >= 11 is 0. The zero-order valence-electron chi connectivity index (χ0n) is 24.3. The van der Waals surface area contributed by atoms with Crippen molar-refractivity contribution in [2.75, 3.05) is 10.6 Å². The molecule has 41 heavy (non-hydrogen) atoms. The van der Waals surface area contributed by atoms with Gasteiger partial charge >= 0.3 is 0 Å². The number of pyridine rings is 1. The number of hydrogen-bond acceptors (Lipinski definition) is 3. The summed E-state index contributed by atoms with van der Waals surface area (Å²) in [4.78, 5) is 32.1. The lowest BCUT2D eigenvalue weighted by atomic mass is 9.91. The molecule has 0 radical (unpaired) electrons. The van der Waals surface area contributed by atoms with Gasteiger partial charge in [-0.3, -0.25) is 14.6 Å². The number of rotatable bonds is 11. The van der Waals surface area contributed by atoms with E-state index in [4.69, 9.17) is 0 Å². The SMILES string of the molecule is CCCCc1ccc(NC(=O)c2c(C)nc(C)c(C(=O)Nc3ccc(CCCC)cc3)c2-c2ccc(F)cc2)cc1. The number of anilines is 2. The van der Waals surface area contributed by atoms with Crippen molar-refractivity contribution < 1.29 is 14.0 Å². The molecule has 1 heterocycles. The zero-order valence-corrected chi connectivity index (χ0v) is 24.3. The zero-order chi connectivity index (χ0) is 29.4. The Bertz CT molecular complexity index is 1410. The van der Waals surface area contributed by atoms with E-state index in [1.165, 1.54) is 23.3 Å². The number of hydrogen-bond donors (Lipinski definition) is 2. The fourth-order valence-electron chi connectivity index (χ4n) is 4.97. The molecule has 2 amide bonds. The van der Waals surface area contributed by atoms with Gasteiger partial charge in [0.1, 0.15) is 5.82 Å². The summed E-state index contributed by atoms with van der Waals surface area (Å²) < 4.78 is 13.9. The van der Waals surface area contributed by atoms with E-state index in [0.717, 1.165) is 38.5 Å². The monoisotopic (exact) mass is 551 g/mol. The van der Waals surface area contributed by atoms with Gasteiger partial charge in [0.25, 0.3) is 11.8 Å². The van der Waals surface area contributed by atoms with Crippen LogP contribution in [0.2, 0.25) is 0 Å². The molecule has 212 valence electrons. The normalized spacial score (nSPS) is 10.9. The van der Waals surface area contributed by atoms with Gasteiger partial charge in [-0.2, -0.15) is 0 Å². The Morgan fingerprint density at radius 3 is 1.46 bits per heavy atom. The Morgan fingerprint density at radius 1 is 0.659 bits per heavy atom. The molecule has 4 aromatic rings. The van der Waals surface area contributed by atoms with Gasteiger partial charge in [-0.05, 0) is 92.6 Å². The van der Waals surface area contributed by atoms with Crippen molar-refractivity contribution in [1.82, 2.24) is 4.98 Å². The van der Waals surface area contributed by atoms with Crippen molar-refractivity contribution in [3.63, 3.8) is 0 Å². The van der Waals surface area contributed by atoms with E-state index in [1.807, 2.05) is 48.5 Å². The average molecular weight is 552 g/mol. The van der Waals surface area contributed by atoms with Crippen LogP contribution < -0.4 is 10.6 Å². The van der Waals surface area contributed by atoms with Gasteiger partial charge in [0.2, 0.25) is 0 Å². The lowest BCUT2D eigenvalue weighted by Crippen LogP contribution is -2.22. The van der Waals surface area contributed by atoms with Crippen molar-refractivity contribution in [2.24, 2.45) is 0 Å². The second kappa shape index (κ2) is 13.8. The van der Waals surface area contributed by atoms with Crippen LogP contribution in [-0.4, -0.2) is 16.8 Å².